The Bertz CT molecular complexity index is 1210. The van der Waals surface area contributed by atoms with Gasteiger partial charge >= 0.3 is 0 Å². The minimum absolute atomic E-state index is 0.0932. The van der Waals surface area contributed by atoms with Crippen molar-refractivity contribution in [3.8, 4) is 0 Å². The van der Waals surface area contributed by atoms with E-state index in [0.717, 1.165) is 11.1 Å². The van der Waals surface area contributed by atoms with E-state index < -0.39 is 0 Å². The van der Waals surface area contributed by atoms with E-state index in [1.807, 2.05) is 36.4 Å². The van der Waals surface area contributed by atoms with Crippen LogP contribution in [-0.4, -0.2) is 22.2 Å². The van der Waals surface area contributed by atoms with Crippen LogP contribution in [0.4, 0.5) is 0 Å². The number of hydrogen-bond donors (Lipinski definition) is 0. The number of amides is 1. The molecule has 1 saturated heterocycles. The van der Waals surface area contributed by atoms with Gasteiger partial charge in [0.1, 0.15) is 5.76 Å². The molecule has 33 heavy (non-hydrogen) atoms. The van der Waals surface area contributed by atoms with Gasteiger partial charge in [0.25, 0.3) is 5.91 Å². The van der Waals surface area contributed by atoms with Crippen LogP contribution in [0.5, 0.6) is 0 Å². The van der Waals surface area contributed by atoms with E-state index in [9.17, 15) is 4.79 Å². The topological polar surface area (TPSA) is 58.2 Å². The van der Waals surface area contributed by atoms with E-state index in [4.69, 9.17) is 16.0 Å². The first-order chi connectivity index (χ1) is 15.8. The summed E-state index contributed by atoms with van der Waals surface area (Å²) >= 11 is 7.26. The third-order valence-corrected chi connectivity index (χ3v) is 6.33. The fraction of sp³-hybridized carbons (Fsp3) is 0.192. The van der Waals surface area contributed by atoms with Gasteiger partial charge in [-0.15, -0.1) is 5.10 Å². The molecule has 1 amide bonds. The minimum Gasteiger partial charge on any atom is -0.467 e. The van der Waals surface area contributed by atoms with Gasteiger partial charge in [-0.1, -0.05) is 68.8 Å². The Morgan fingerprint density at radius 1 is 1.03 bits per heavy atom. The average Bonchev–Trinajstić information content (AvgIpc) is 3.39. The van der Waals surface area contributed by atoms with E-state index in [1.165, 1.54) is 17.3 Å². The van der Waals surface area contributed by atoms with Crippen molar-refractivity contribution in [1.29, 1.82) is 0 Å². The smallest absolute Gasteiger partial charge is 0.267 e. The lowest BCUT2D eigenvalue weighted by Crippen LogP contribution is -2.28. The van der Waals surface area contributed by atoms with Crippen LogP contribution in [0.25, 0.3) is 6.08 Å². The summed E-state index contributed by atoms with van der Waals surface area (Å²) in [5.74, 6) is 0.529. The van der Waals surface area contributed by atoms with Crippen molar-refractivity contribution in [2.45, 2.75) is 32.7 Å². The van der Waals surface area contributed by atoms with Crippen LogP contribution in [0, 0.1) is 0 Å². The zero-order chi connectivity index (χ0) is 23.4. The zero-order valence-electron chi connectivity index (χ0n) is 18.7. The molecule has 0 atom stereocenters. The van der Waals surface area contributed by atoms with Gasteiger partial charge in [0, 0.05) is 5.02 Å². The van der Waals surface area contributed by atoms with Crippen molar-refractivity contribution in [2.75, 3.05) is 0 Å². The van der Waals surface area contributed by atoms with Crippen molar-refractivity contribution in [3.63, 3.8) is 0 Å². The second kappa shape index (κ2) is 9.81. The fourth-order valence-electron chi connectivity index (χ4n) is 3.20. The molecule has 0 unspecified atom stereocenters. The predicted molar refractivity (Wildman–Crippen MR) is 136 cm³/mol. The Hall–Kier alpha value is -3.09. The summed E-state index contributed by atoms with van der Waals surface area (Å²) in [6.07, 6.45) is 5.11. The summed E-state index contributed by atoms with van der Waals surface area (Å²) in [4.78, 5) is 15.3. The third-order valence-electron chi connectivity index (χ3n) is 5.08. The second-order valence-corrected chi connectivity index (χ2v) is 10.1. The number of halogens is 1. The molecule has 0 bridgehead atoms. The number of rotatable bonds is 5. The Balaban J connectivity index is 1.58. The molecule has 0 saturated carbocycles. The molecule has 0 N–H and O–H groups in total. The lowest BCUT2D eigenvalue weighted by atomic mass is 9.87. The van der Waals surface area contributed by atoms with E-state index in [0.29, 0.717) is 20.9 Å². The van der Waals surface area contributed by atoms with Crippen LogP contribution < -0.4 is 0 Å². The van der Waals surface area contributed by atoms with Gasteiger partial charge in [-0.3, -0.25) is 9.69 Å². The van der Waals surface area contributed by atoms with Gasteiger partial charge in [-0.2, -0.15) is 5.10 Å². The fourth-order valence-corrected chi connectivity index (χ4v) is 4.27. The summed E-state index contributed by atoms with van der Waals surface area (Å²) in [6.45, 7) is 6.82. The first-order valence-corrected chi connectivity index (χ1v) is 11.7. The maximum Gasteiger partial charge on any atom is 0.267 e. The number of furan rings is 1. The summed E-state index contributed by atoms with van der Waals surface area (Å²) < 4.78 is 5.44. The molecule has 2 heterocycles. The Labute approximate surface area is 202 Å². The summed E-state index contributed by atoms with van der Waals surface area (Å²) in [5.41, 5.74) is 3.17. The van der Waals surface area contributed by atoms with Crippen LogP contribution >= 0.6 is 23.4 Å². The van der Waals surface area contributed by atoms with Crippen molar-refractivity contribution in [3.05, 3.63) is 99.3 Å². The number of hydrogen-bond acceptors (Lipinski definition) is 5. The number of carbonyl (C=O) groups is 1. The maximum absolute atomic E-state index is 13.1. The molecule has 0 spiro atoms. The van der Waals surface area contributed by atoms with E-state index >= 15 is 0 Å². The normalized spacial score (nSPS) is 17.1. The molecule has 1 aliphatic heterocycles. The monoisotopic (exact) mass is 477 g/mol. The van der Waals surface area contributed by atoms with Crippen LogP contribution in [0.2, 0.25) is 5.02 Å². The predicted octanol–water partition coefficient (Wildman–Crippen LogP) is 6.74. The Morgan fingerprint density at radius 2 is 1.73 bits per heavy atom. The molecule has 1 aromatic heterocycles. The lowest BCUT2D eigenvalue weighted by molar-refractivity contribution is -0.122. The van der Waals surface area contributed by atoms with Crippen molar-refractivity contribution < 1.29 is 9.21 Å². The van der Waals surface area contributed by atoms with Crippen molar-refractivity contribution in [2.24, 2.45) is 10.2 Å². The number of carbonyl (C=O) groups excluding carboxylic acids is 1. The molecule has 1 aliphatic rings. The van der Waals surface area contributed by atoms with E-state index in [2.05, 4.69) is 43.1 Å². The summed E-state index contributed by atoms with van der Waals surface area (Å²) in [5, 5.41) is 9.76. The largest absolute Gasteiger partial charge is 0.467 e. The first kappa shape index (κ1) is 23.1. The molecule has 7 heteroatoms. The molecule has 2 aromatic carbocycles. The minimum atomic E-state index is -0.144. The molecule has 5 nitrogen and oxygen atoms in total. The highest BCUT2D eigenvalue weighted by Crippen LogP contribution is 2.34. The number of amidine groups is 1. The van der Waals surface area contributed by atoms with Crippen LogP contribution in [0.3, 0.4) is 0 Å². The van der Waals surface area contributed by atoms with E-state index in [-0.39, 0.29) is 17.9 Å². The van der Waals surface area contributed by atoms with Gasteiger partial charge in [-0.05, 0) is 64.2 Å². The molecule has 0 radical (unpaired) electrons. The highest BCUT2D eigenvalue weighted by Gasteiger charge is 2.34. The number of benzene rings is 2. The Morgan fingerprint density at radius 3 is 2.36 bits per heavy atom. The third kappa shape index (κ3) is 5.83. The van der Waals surface area contributed by atoms with Crippen LogP contribution in [0.1, 0.15) is 43.2 Å². The molecule has 4 rings (SSSR count). The van der Waals surface area contributed by atoms with E-state index in [1.54, 1.807) is 35.6 Å². The highest BCUT2D eigenvalue weighted by molar-refractivity contribution is 8.18. The first-order valence-electron chi connectivity index (χ1n) is 10.5. The number of thioether (sulfide) groups is 1. The number of nitrogens with zero attached hydrogens (tertiary/aromatic N) is 3. The molecular weight excluding hydrogens is 454 g/mol. The van der Waals surface area contributed by atoms with Crippen molar-refractivity contribution >= 4 is 46.7 Å². The zero-order valence-corrected chi connectivity index (χ0v) is 20.2. The van der Waals surface area contributed by atoms with Gasteiger partial charge < -0.3 is 4.42 Å². The summed E-state index contributed by atoms with van der Waals surface area (Å²) in [6, 6.07) is 19.2. The SMILES string of the molecule is CC(C)(C)c1ccc(/C=N/N=C2\S/C(=C\c3ccc(Cl)cc3)C(=O)N2Cc2ccco2)cc1. The molecular formula is C26H24ClN3O2S. The van der Waals surface area contributed by atoms with Gasteiger partial charge in [0.2, 0.25) is 0 Å². The second-order valence-electron chi connectivity index (χ2n) is 8.63. The Kier molecular flexibility index (Phi) is 6.86. The van der Waals surface area contributed by atoms with Crippen LogP contribution in [0.15, 0.2) is 86.5 Å². The standard InChI is InChI=1S/C26H24ClN3O2S/c1-26(2,3)20-10-6-19(7-11-20)16-28-29-25-30(17-22-5-4-14-32-22)24(31)23(33-25)15-18-8-12-21(27)13-9-18/h4-16H,17H2,1-3H3/b23-15-,28-16+,29-25-. The highest BCUT2D eigenvalue weighted by atomic mass is 35.5. The van der Waals surface area contributed by atoms with Crippen LogP contribution in [-0.2, 0) is 16.8 Å². The van der Waals surface area contributed by atoms with Crippen molar-refractivity contribution in [1.82, 2.24) is 4.90 Å². The summed E-state index contributed by atoms with van der Waals surface area (Å²) in [7, 11) is 0. The average molecular weight is 478 g/mol. The lowest BCUT2D eigenvalue weighted by Gasteiger charge is -2.18. The molecule has 1 fully saturated rings. The quantitative estimate of drug-likeness (QED) is 0.232. The van der Waals surface area contributed by atoms with Gasteiger partial charge in [-0.25, -0.2) is 0 Å². The molecule has 3 aromatic rings. The van der Waals surface area contributed by atoms with Gasteiger partial charge in [0.05, 0.1) is 23.9 Å². The maximum atomic E-state index is 13.1. The molecule has 168 valence electrons. The molecule has 0 aliphatic carbocycles. The van der Waals surface area contributed by atoms with Gasteiger partial charge in [0.15, 0.2) is 5.17 Å².